The van der Waals surface area contributed by atoms with E-state index in [9.17, 15) is 18.4 Å². The zero-order chi connectivity index (χ0) is 15.3. The lowest BCUT2D eigenvalue weighted by Crippen LogP contribution is -2.59. The van der Waals surface area contributed by atoms with E-state index in [0.717, 1.165) is 0 Å². The number of rotatable bonds is 5. The van der Waals surface area contributed by atoms with Gasteiger partial charge in [0.2, 0.25) is 0 Å². The minimum atomic E-state index is -3.17. The average Bonchev–Trinajstić information content (AvgIpc) is 2.39. The second kappa shape index (κ2) is 7.21. The largest absolute Gasteiger partial charge is 0.464 e. The molecule has 0 bridgehead atoms. The quantitative estimate of drug-likeness (QED) is 0.579. The predicted molar refractivity (Wildman–Crippen MR) is 73.0 cm³/mol. The van der Waals surface area contributed by atoms with Gasteiger partial charge < -0.3 is 15.0 Å². The van der Waals surface area contributed by atoms with E-state index in [4.69, 9.17) is 4.74 Å². The number of esters is 1. The zero-order valence-electron chi connectivity index (χ0n) is 11.6. The number of piperidine rings is 1. The van der Waals surface area contributed by atoms with Crippen LogP contribution in [0, 0.1) is 0 Å². The number of amides is 1. The number of carbonyl (C=O) groups excluding carboxylic acids is 2. The summed E-state index contributed by atoms with van der Waals surface area (Å²) in [6, 6.07) is -1.17. The topological polar surface area (TPSA) is 58.6 Å². The maximum atomic E-state index is 12.4. The van der Waals surface area contributed by atoms with Gasteiger partial charge >= 0.3 is 12.4 Å². The average molecular weight is 310 g/mol. The summed E-state index contributed by atoms with van der Waals surface area (Å²) in [5.41, 5.74) is 0. The fraction of sp³-hybridized carbons (Fsp3) is 0.833. The minimum absolute atomic E-state index is 0.115. The maximum Gasteiger partial charge on any atom is 0.330 e. The molecule has 0 aromatic rings. The van der Waals surface area contributed by atoms with Gasteiger partial charge in [-0.15, -0.1) is 0 Å². The molecule has 1 amide bonds. The van der Waals surface area contributed by atoms with E-state index in [1.54, 1.807) is 6.92 Å². The molecule has 8 heteroatoms. The maximum absolute atomic E-state index is 12.4. The first-order valence-corrected chi connectivity index (χ1v) is 6.91. The molecular weight excluding hydrogens is 290 g/mol. The summed E-state index contributed by atoms with van der Waals surface area (Å²) in [4.78, 5) is 25.2. The Bertz CT molecular complexity index is 361. The normalized spacial score (nSPS) is 20.5. The molecule has 1 saturated heterocycles. The number of hydrogen-bond donors (Lipinski definition) is 2. The molecule has 1 aliphatic rings. The van der Waals surface area contributed by atoms with Gasteiger partial charge in [-0.25, -0.2) is 4.79 Å². The molecule has 1 aliphatic heterocycles. The van der Waals surface area contributed by atoms with Crippen molar-refractivity contribution < 1.29 is 23.1 Å². The highest BCUT2D eigenvalue weighted by Crippen LogP contribution is 2.32. The summed E-state index contributed by atoms with van der Waals surface area (Å²) in [7, 11) is 1.92. The number of ether oxygens (including phenoxy) is 1. The highest BCUT2D eigenvalue weighted by molar-refractivity contribution is 7.82. The van der Waals surface area contributed by atoms with Gasteiger partial charge in [-0.2, -0.15) is 21.4 Å². The van der Waals surface area contributed by atoms with E-state index in [2.05, 4.69) is 17.9 Å². The first-order chi connectivity index (χ1) is 9.30. The van der Waals surface area contributed by atoms with Crippen molar-refractivity contribution in [3.63, 3.8) is 0 Å². The van der Waals surface area contributed by atoms with Crippen LogP contribution >= 0.6 is 12.6 Å². The summed E-state index contributed by atoms with van der Waals surface area (Å²) >= 11 is 4.47. The second-order valence-corrected chi connectivity index (χ2v) is 5.79. The van der Waals surface area contributed by atoms with Crippen molar-refractivity contribution in [2.45, 2.75) is 37.0 Å². The van der Waals surface area contributed by atoms with Crippen LogP contribution < -0.4 is 5.32 Å². The van der Waals surface area contributed by atoms with Gasteiger partial charge in [-0.3, -0.25) is 4.79 Å². The number of carbonyl (C=O) groups is 2. The van der Waals surface area contributed by atoms with E-state index < -0.39 is 29.1 Å². The second-order valence-electron chi connectivity index (χ2n) is 4.90. The lowest BCUT2D eigenvalue weighted by atomic mass is 9.88. The van der Waals surface area contributed by atoms with Crippen molar-refractivity contribution >= 4 is 24.5 Å². The fourth-order valence-corrected chi connectivity index (χ4v) is 2.51. The minimum Gasteiger partial charge on any atom is -0.464 e. The Kier molecular flexibility index (Phi) is 6.19. The Morgan fingerprint density at radius 1 is 1.40 bits per heavy atom. The summed E-state index contributed by atoms with van der Waals surface area (Å²) in [6.07, 6.45) is -2.17. The van der Waals surface area contributed by atoms with Gasteiger partial charge in [0.15, 0.2) is 0 Å². The number of thiol groups is 1. The van der Waals surface area contributed by atoms with Crippen LogP contribution in [0.2, 0.25) is 0 Å². The van der Waals surface area contributed by atoms with Gasteiger partial charge in [0, 0.05) is 4.75 Å². The third kappa shape index (κ3) is 4.31. The molecule has 1 rings (SSSR count). The molecule has 0 spiro atoms. The SMILES string of the molecule is CCOC(=O)C(NC(=O)C(F)F)C1(S)CCN(C)CC1. The molecule has 116 valence electrons. The van der Waals surface area contributed by atoms with Crippen LogP contribution in [-0.2, 0) is 14.3 Å². The molecule has 0 radical (unpaired) electrons. The zero-order valence-corrected chi connectivity index (χ0v) is 12.5. The molecule has 0 saturated carbocycles. The monoisotopic (exact) mass is 310 g/mol. The van der Waals surface area contributed by atoms with E-state index in [-0.39, 0.29) is 6.61 Å². The smallest absolute Gasteiger partial charge is 0.330 e. The Morgan fingerprint density at radius 3 is 2.40 bits per heavy atom. The molecule has 0 aromatic carbocycles. The number of nitrogens with zero attached hydrogens (tertiary/aromatic N) is 1. The van der Waals surface area contributed by atoms with Gasteiger partial charge in [0.05, 0.1) is 6.61 Å². The Balaban J connectivity index is 2.86. The summed E-state index contributed by atoms with van der Waals surface area (Å²) in [6.45, 7) is 3.07. The van der Waals surface area contributed by atoms with Crippen LogP contribution in [0.1, 0.15) is 19.8 Å². The van der Waals surface area contributed by atoms with Gasteiger partial charge in [0.1, 0.15) is 6.04 Å². The van der Waals surface area contributed by atoms with Gasteiger partial charge in [-0.05, 0) is 39.9 Å². The van der Waals surface area contributed by atoms with Gasteiger partial charge in [-0.1, -0.05) is 0 Å². The van der Waals surface area contributed by atoms with E-state index in [1.807, 2.05) is 11.9 Å². The van der Waals surface area contributed by atoms with Crippen LogP contribution in [0.15, 0.2) is 0 Å². The summed E-state index contributed by atoms with van der Waals surface area (Å²) in [5.74, 6) is -2.20. The Labute approximate surface area is 122 Å². The number of nitrogens with one attached hydrogen (secondary N) is 1. The first kappa shape index (κ1) is 17.2. The number of alkyl halides is 2. The van der Waals surface area contributed by atoms with Crippen LogP contribution in [0.3, 0.4) is 0 Å². The van der Waals surface area contributed by atoms with Gasteiger partial charge in [0.25, 0.3) is 5.91 Å². The molecule has 1 heterocycles. The highest BCUT2D eigenvalue weighted by atomic mass is 32.1. The standard InChI is InChI=1S/C12H20F2N2O3S/c1-3-19-11(18)8(15-10(17)9(13)14)12(20)4-6-16(2)7-5-12/h8-9,20H,3-7H2,1-2H3,(H,15,17). The molecule has 0 aliphatic carbocycles. The van der Waals surface area contributed by atoms with Crippen molar-refractivity contribution in [2.75, 3.05) is 26.7 Å². The summed E-state index contributed by atoms with van der Waals surface area (Å²) in [5, 5.41) is 2.07. The van der Waals surface area contributed by atoms with Crippen molar-refractivity contribution in [1.82, 2.24) is 10.2 Å². The highest BCUT2D eigenvalue weighted by Gasteiger charge is 2.44. The molecule has 1 unspecified atom stereocenters. The van der Waals surface area contributed by atoms with Crippen LogP contribution in [0.25, 0.3) is 0 Å². The predicted octanol–water partition coefficient (Wildman–Crippen LogP) is 0.694. The lowest BCUT2D eigenvalue weighted by Gasteiger charge is -2.41. The van der Waals surface area contributed by atoms with Crippen molar-refractivity contribution in [3.05, 3.63) is 0 Å². The molecule has 1 fully saturated rings. The Hall–Kier alpha value is -0.890. The van der Waals surface area contributed by atoms with Crippen molar-refractivity contribution in [1.29, 1.82) is 0 Å². The van der Waals surface area contributed by atoms with Crippen LogP contribution in [-0.4, -0.2) is 60.7 Å². The first-order valence-electron chi connectivity index (χ1n) is 6.46. The Morgan fingerprint density at radius 2 is 1.95 bits per heavy atom. The third-order valence-corrected chi connectivity index (χ3v) is 4.10. The number of likely N-dealkylation sites (tertiary alicyclic amines) is 1. The van der Waals surface area contributed by atoms with Crippen molar-refractivity contribution in [3.8, 4) is 0 Å². The molecule has 1 N–H and O–H groups in total. The van der Waals surface area contributed by atoms with E-state index in [0.29, 0.717) is 25.9 Å². The molecular formula is C12H20F2N2O3S. The van der Waals surface area contributed by atoms with Crippen LogP contribution in [0.4, 0.5) is 8.78 Å². The summed E-state index contributed by atoms with van der Waals surface area (Å²) < 4.78 is 28.8. The molecule has 20 heavy (non-hydrogen) atoms. The van der Waals surface area contributed by atoms with E-state index in [1.165, 1.54) is 0 Å². The third-order valence-electron chi connectivity index (χ3n) is 3.40. The molecule has 5 nitrogen and oxygen atoms in total. The lowest BCUT2D eigenvalue weighted by molar-refractivity contribution is -0.150. The molecule has 1 atom stereocenters. The molecule has 0 aromatic heterocycles. The van der Waals surface area contributed by atoms with Crippen LogP contribution in [0.5, 0.6) is 0 Å². The fourth-order valence-electron chi connectivity index (χ4n) is 2.14. The van der Waals surface area contributed by atoms with Crippen molar-refractivity contribution in [2.24, 2.45) is 0 Å². The van der Waals surface area contributed by atoms with E-state index >= 15 is 0 Å². The number of hydrogen-bond acceptors (Lipinski definition) is 5. The number of halogens is 2.